The first kappa shape index (κ1) is 18.9. The molecule has 0 saturated carbocycles. The predicted molar refractivity (Wildman–Crippen MR) is 122 cm³/mol. The zero-order valence-electron chi connectivity index (χ0n) is 17.3. The fourth-order valence-corrected chi connectivity index (χ4v) is 4.10. The molecule has 0 unspecified atom stereocenters. The number of aromatic nitrogens is 2. The minimum Gasteiger partial charge on any atom is -0.508 e. The summed E-state index contributed by atoms with van der Waals surface area (Å²) in [4.78, 5) is 18.2. The second-order valence-electron chi connectivity index (χ2n) is 7.78. The zero-order chi connectivity index (χ0) is 21.5. The molecule has 0 aliphatic carbocycles. The van der Waals surface area contributed by atoms with Gasteiger partial charge in [0.05, 0.1) is 22.6 Å². The van der Waals surface area contributed by atoms with Gasteiger partial charge in [0.25, 0.3) is 5.91 Å². The molecule has 3 aromatic carbocycles. The van der Waals surface area contributed by atoms with Crippen molar-refractivity contribution in [2.24, 2.45) is 0 Å². The number of carbonyl (C=O) groups is 1. The molecule has 3 N–H and O–H groups in total. The third-order valence-corrected chi connectivity index (χ3v) is 5.57. The number of aryl methyl sites for hydroxylation is 1. The Labute approximate surface area is 179 Å². The summed E-state index contributed by atoms with van der Waals surface area (Å²) in [7, 11) is 0. The molecule has 6 nitrogen and oxygen atoms in total. The minimum absolute atomic E-state index is 0.151. The minimum atomic E-state index is -0.443. The second kappa shape index (κ2) is 7.32. The van der Waals surface area contributed by atoms with Gasteiger partial charge in [-0.1, -0.05) is 42.0 Å². The first-order valence-corrected chi connectivity index (χ1v) is 10.1. The van der Waals surface area contributed by atoms with E-state index >= 15 is 0 Å². The molecule has 0 bridgehead atoms. The Morgan fingerprint density at radius 3 is 2.58 bits per heavy atom. The molecule has 31 heavy (non-hydrogen) atoms. The lowest BCUT2D eigenvalue weighted by atomic mass is 9.94. The number of benzene rings is 3. The van der Waals surface area contributed by atoms with E-state index in [2.05, 4.69) is 10.6 Å². The number of aromatic hydroxyl groups is 1. The van der Waals surface area contributed by atoms with Crippen molar-refractivity contribution in [1.29, 1.82) is 0 Å². The number of nitrogens with zero attached hydrogens (tertiary/aromatic N) is 2. The second-order valence-corrected chi connectivity index (χ2v) is 7.78. The lowest BCUT2D eigenvalue weighted by Gasteiger charge is -2.30. The maximum atomic E-state index is 13.5. The number of para-hydroxylation sites is 2. The number of rotatable bonds is 3. The summed E-state index contributed by atoms with van der Waals surface area (Å²) in [6.45, 7) is 3.88. The van der Waals surface area contributed by atoms with Crippen molar-refractivity contribution >= 4 is 28.6 Å². The van der Waals surface area contributed by atoms with Gasteiger partial charge in [-0.05, 0) is 55.8 Å². The Kier molecular flexibility index (Phi) is 4.47. The Morgan fingerprint density at radius 1 is 1.03 bits per heavy atom. The highest BCUT2D eigenvalue weighted by atomic mass is 16.3. The Morgan fingerprint density at radius 2 is 1.81 bits per heavy atom. The highest BCUT2D eigenvalue weighted by Crippen LogP contribution is 2.40. The van der Waals surface area contributed by atoms with Crippen LogP contribution in [-0.4, -0.2) is 20.6 Å². The molecule has 1 aliphatic rings. The van der Waals surface area contributed by atoms with Crippen LogP contribution in [0.4, 0.5) is 11.6 Å². The van der Waals surface area contributed by atoms with Crippen molar-refractivity contribution in [3.63, 3.8) is 0 Å². The number of carbonyl (C=O) groups excluding carboxylic acids is 1. The van der Waals surface area contributed by atoms with Crippen LogP contribution in [0.5, 0.6) is 5.75 Å². The molecule has 0 spiro atoms. The monoisotopic (exact) mass is 410 g/mol. The number of phenols is 1. The SMILES string of the molecule is CC1=C(C(=O)Nc2ccc(C)cc2)[C@H](c2cccc(O)c2)n2c(nc3ccccc32)N1. The number of allylic oxidation sites excluding steroid dienone is 1. The number of anilines is 2. The van der Waals surface area contributed by atoms with Crippen molar-refractivity contribution in [1.82, 2.24) is 9.55 Å². The van der Waals surface area contributed by atoms with E-state index in [0.717, 1.165) is 33.5 Å². The van der Waals surface area contributed by atoms with Crippen LogP contribution in [0.25, 0.3) is 11.0 Å². The highest BCUT2D eigenvalue weighted by molar-refractivity contribution is 6.06. The largest absolute Gasteiger partial charge is 0.508 e. The number of amides is 1. The third-order valence-electron chi connectivity index (χ3n) is 5.57. The highest BCUT2D eigenvalue weighted by Gasteiger charge is 2.34. The molecule has 0 radical (unpaired) electrons. The van der Waals surface area contributed by atoms with E-state index in [9.17, 15) is 9.90 Å². The molecule has 5 rings (SSSR count). The van der Waals surface area contributed by atoms with Crippen molar-refractivity contribution in [2.75, 3.05) is 10.6 Å². The van der Waals surface area contributed by atoms with Gasteiger partial charge in [-0.2, -0.15) is 0 Å². The van der Waals surface area contributed by atoms with Gasteiger partial charge in [0.15, 0.2) is 0 Å². The number of phenolic OH excluding ortho intramolecular Hbond substituents is 1. The van der Waals surface area contributed by atoms with E-state index < -0.39 is 6.04 Å². The summed E-state index contributed by atoms with van der Waals surface area (Å²) in [5.74, 6) is 0.613. The smallest absolute Gasteiger partial charge is 0.255 e. The van der Waals surface area contributed by atoms with Crippen molar-refractivity contribution in [3.8, 4) is 5.75 Å². The molecule has 1 aliphatic heterocycles. The molecule has 1 amide bonds. The molecule has 1 atom stereocenters. The van der Waals surface area contributed by atoms with Gasteiger partial charge in [0, 0.05) is 11.4 Å². The zero-order valence-corrected chi connectivity index (χ0v) is 17.3. The fourth-order valence-electron chi connectivity index (χ4n) is 4.10. The first-order chi connectivity index (χ1) is 15.0. The van der Waals surface area contributed by atoms with Crippen LogP contribution in [-0.2, 0) is 4.79 Å². The van der Waals surface area contributed by atoms with E-state index in [4.69, 9.17) is 4.98 Å². The molecule has 2 heterocycles. The van der Waals surface area contributed by atoms with E-state index in [-0.39, 0.29) is 11.7 Å². The third kappa shape index (κ3) is 3.32. The summed E-state index contributed by atoms with van der Waals surface area (Å²) in [5, 5.41) is 16.5. The molecule has 0 saturated heterocycles. The van der Waals surface area contributed by atoms with Crippen LogP contribution < -0.4 is 10.6 Å². The maximum absolute atomic E-state index is 13.5. The Bertz CT molecular complexity index is 1340. The van der Waals surface area contributed by atoms with Gasteiger partial charge >= 0.3 is 0 Å². The number of nitrogens with one attached hydrogen (secondary N) is 2. The van der Waals surface area contributed by atoms with Gasteiger partial charge in [-0.3, -0.25) is 9.36 Å². The van der Waals surface area contributed by atoms with Crippen LogP contribution in [0.15, 0.2) is 84.1 Å². The van der Waals surface area contributed by atoms with E-state index in [1.807, 2.05) is 73.0 Å². The molecule has 154 valence electrons. The van der Waals surface area contributed by atoms with E-state index in [0.29, 0.717) is 11.5 Å². The van der Waals surface area contributed by atoms with Crippen LogP contribution in [0.1, 0.15) is 24.1 Å². The van der Waals surface area contributed by atoms with Gasteiger partial charge in [0.2, 0.25) is 5.95 Å². The van der Waals surface area contributed by atoms with Crippen molar-refractivity contribution in [2.45, 2.75) is 19.9 Å². The van der Waals surface area contributed by atoms with Gasteiger partial charge in [-0.25, -0.2) is 4.98 Å². The quantitative estimate of drug-likeness (QED) is 0.445. The van der Waals surface area contributed by atoms with Crippen LogP contribution >= 0.6 is 0 Å². The average molecular weight is 410 g/mol. The Hall–Kier alpha value is -4.06. The van der Waals surface area contributed by atoms with Crippen LogP contribution in [0.3, 0.4) is 0 Å². The summed E-state index contributed by atoms with van der Waals surface area (Å²) >= 11 is 0. The van der Waals surface area contributed by atoms with Crippen LogP contribution in [0, 0.1) is 6.92 Å². The standard InChI is InChI=1S/C25H22N4O2/c1-15-10-12-18(13-11-15)27-24(31)22-16(2)26-25-28-20-8-3-4-9-21(20)29(25)23(22)17-6-5-7-19(30)14-17/h3-14,23,30H,1-2H3,(H,26,28)(H,27,31)/t23-/m0/s1. The molecular formula is C25H22N4O2. The summed E-state index contributed by atoms with van der Waals surface area (Å²) in [6, 6.07) is 22.1. The lowest BCUT2D eigenvalue weighted by Crippen LogP contribution is -2.30. The van der Waals surface area contributed by atoms with Crippen molar-refractivity contribution < 1.29 is 9.90 Å². The van der Waals surface area contributed by atoms with Crippen molar-refractivity contribution in [3.05, 3.63) is 95.2 Å². The maximum Gasteiger partial charge on any atom is 0.255 e. The summed E-state index contributed by atoms with van der Waals surface area (Å²) in [5.41, 5.74) is 5.70. The molecule has 1 aromatic heterocycles. The summed E-state index contributed by atoms with van der Waals surface area (Å²) < 4.78 is 2.02. The summed E-state index contributed by atoms with van der Waals surface area (Å²) in [6.07, 6.45) is 0. The topological polar surface area (TPSA) is 79.2 Å². The van der Waals surface area contributed by atoms with Gasteiger partial charge < -0.3 is 15.7 Å². The predicted octanol–water partition coefficient (Wildman–Crippen LogP) is 4.98. The fraction of sp³-hybridized carbons (Fsp3) is 0.120. The Balaban J connectivity index is 1.66. The number of hydrogen-bond donors (Lipinski definition) is 3. The average Bonchev–Trinajstić information content (AvgIpc) is 3.12. The van der Waals surface area contributed by atoms with E-state index in [1.54, 1.807) is 18.2 Å². The molecular weight excluding hydrogens is 388 g/mol. The number of hydrogen-bond acceptors (Lipinski definition) is 4. The molecule has 4 aromatic rings. The first-order valence-electron chi connectivity index (χ1n) is 10.1. The van der Waals surface area contributed by atoms with Gasteiger partial charge in [0.1, 0.15) is 5.75 Å². The molecule has 0 fully saturated rings. The van der Waals surface area contributed by atoms with Gasteiger partial charge in [-0.15, -0.1) is 0 Å². The van der Waals surface area contributed by atoms with Crippen LogP contribution in [0.2, 0.25) is 0 Å². The van der Waals surface area contributed by atoms with E-state index in [1.165, 1.54) is 0 Å². The number of imidazole rings is 1. The molecule has 6 heteroatoms. The number of fused-ring (bicyclic) bond motifs is 3. The lowest BCUT2D eigenvalue weighted by molar-refractivity contribution is -0.113. The normalized spacial score (nSPS) is 15.5.